The van der Waals surface area contributed by atoms with Crippen molar-refractivity contribution >= 4 is 17.7 Å². The Bertz CT molecular complexity index is 1680. The highest BCUT2D eigenvalue weighted by Crippen LogP contribution is 2.36. The Morgan fingerprint density at radius 2 is 1.80 bits per heavy atom. The van der Waals surface area contributed by atoms with Crippen LogP contribution in [0.15, 0.2) is 71.3 Å². The summed E-state index contributed by atoms with van der Waals surface area (Å²) in [6.45, 7) is 4.52. The summed E-state index contributed by atoms with van der Waals surface area (Å²) in [5.41, 5.74) is 3.04. The van der Waals surface area contributed by atoms with Gasteiger partial charge in [0.05, 0.1) is 12.0 Å². The van der Waals surface area contributed by atoms with Crippen molar-refractivity contribution in [2.24, 2.45) is 0 Å². The van der Waals surface area contributed by atoms with Crippen LogP contribution in [0.1, 0.15) is 21.7 Å². The molecule has 4 aromatic rings. The van der Waals surface area contributed by atoms with E-state index in [9.17, 15) is 32.7 Å². The molecule has 4 N–H and O–H groups in total. The molecule has 0 aliphatic carbocycles. The third-order valence-corrected chi connectivity index (χ3v) is 6.44. The van der Waals surface area contributed by atoms with E-state index >= 15 is 0 Å². The molecule has 228 valence electrons. The highest BCUT2D eigenvalue weighted by atomic mass is 19.4. The number of amides is 1. The van der Waals surface area contributed by atoms with Crippen LogP contribution < -0.4 is 10.6 Å². The van der Waals surface area contributed by atoms with Gasteiger partial charge in [-0.15, -0.1) is 0 Å². The number of phenols is 1. The summed E-state index contributed by atoms with van der Waals surface area (Å²) < 4.78 is 50.6. The van der Waals surface area contributed by atoms with E-state index in [0.29, 0.717) is 5.56 Å². The van der Waals surface area contributed by atoms with Gasteiger partial charge in [0.1, 0.15) is 23.2 Å². The quantitative estimate of drug-likeness (QED) is 0.220. The molecule has 0 atom stereocenters. The highest BCUT2D eigenvalue weighted by molar-refractivity contribution is 6.03. The van der Waals surface area contributed by atoms with Gasteiger partial charge in [0.25, 0.3) is 5.91 Å². The number of nitrogens with one attached hydrogen (secondary N) is 2. The van der Waals surface area contributed by atoms with Crippen molar-refractivity contribution in [1.82, 2.24) is 15.2 Å². The van der Waals surface area contributed by atoms with Crippen LogP contribution in [-0.4, -0.2) is 64.3 Å². The predicted octanol–water partition coefficient (Wildman–Crippen LogP) is 5.02. The smallest absolute Gasteiger partial charge is 0.490 e. The van der Waals surface area contributed by atoms with Gasteiger partial charge in [-0.1, -0.05) is 18.2 Å². The molecule has 2 aromatic carbocycles. The zero-order valence-corrected chi connectivity index (χ0v) is 22.9. The van der Waals surface area contributed by atoms with Gasteiger partial charge in [0.15, 0.2) is 11.6 Å². The molecule has 2 aromatic heterocycles. The number of hydrogen-bond acceptors (Lipinski definition) is 8. The summed E-state index contributed by atoms with van der Waals surface area (Å²) in [7, 11) is 0. The summed E-state index contributed by atoms with van der Waals surface area (Å²) in [5, 5.41) is 33.7. The third-order valence-electron chi connectivity index (χ3n) is 6.44. The van der Waals surface area contributed by atoms with Gasteiger partial charge >= 0.3 is 12.1 Å². The van der Waals surface area contributed by atoms with Crippen molar-refractivity contribution in [1.29, 1.82) is 5.26 Å². The molecule has 0 saturated carbocycles. The Labute approximate surface area is 248 Å². The Morgan fingerprint density at radius 3 is 2.41 bits per heavy atom. The first-order chi connectivity index (χ1) is 21.0. The number of furan rings is 1. The van der Waals surface area contributed by atoms with E-state index in [1.807, 2.05) is 24.3 Å². The average molecular weight is 612 g/mol. The number of carboxylic acid groups (broad SMARTS) is 1. The van der Waals surface area contributed by atoms with Gasteiger partial charge in [-0.3, -0.25) is 9.69 Å². The van der Waals surface area contributed by atoms with Gasteiger partial charge in [-0.05, 0) is 47.5 Å². The van der Waals surface area contributed by atoms with E-state index in [0.717, 1.165) is 49.9 Å². The number of hydrogen-bond donors (Lipinski definition) is 4. The van der Waals surface area contributed by atoms with Crippen LogP contribution in [0.3, 0.4) is 0 Å². The van der Waals surface area contributed by atoms with Gasteiger partial charge in [-0.25, -0.2) is 14.2 Å². The summed E-state index contributed by atoms with van der Waals surface area (Å²) in [4.78, 5) is 28.5. The zero-order valence-electron chi connectivity index (χ0n) is 22.9. The number of aliphatic carboxylic acids is 1. The van der Waals surface area contributed by atoms with Crippen molar-refractivity contribution in [3.63, 3.8) is 0 Å². The second-order valence-electron chi connectivity index (χ2n) is 9.51. The van der Waals surface area contributed by atoms with Crippen molar-refractivity contribution in [2.75, 3.05) is 31.5 Å². The molecular weight excluding hydrogens is 586 g/mol. The molecule has 0 bridgehead atoms. The number of carbonyl (C=O) groups is 2. The molecule has 1 amide bonds. The molecule has 14 heteroatoms. The fraction of sp³-hybridized carbons (Fsp3) is 0.200. The standard InChI is InChI=1S/C28H24FN5O3.C2HF3O2/c29-20-6-7-21(25(35)14-20)24-15-22(19-4-1-3-18(13-19)17-34-10-8-31-9-11-34)23(16-30)27(32-24)33-28(36)26-5-2-12-37-26;3-2(4,5)1(6)7/h1-7,12-15,31,35H,8-11,17H2,(H,32,33,36);(H,6,7). The largest absolute Gasteiger partial charge is 0.507 e. The van der Waals surface area contributed by atoms with Crippen LogP contribution >= 0.6 is 0 Å². The second-order valence-corrected chi connectivity index (χ2v) is 9.51. The number of phenolic OH excluding ortho intramolecular Hbond substituents is 1. The maximum absolute atomic E-state index is 13.7. The molecule has 1 aliphatic rings. The van der Waals surface area contributed by atoms with Crippen LogP contribution in [0.25, 0.3) is 22.4 Å². The normalized spacial score (nSPS) is 13.3. The summed E-state index contributed by atoms with van der Waals surface area (Å²) >= 11 is 0. The number of aromatic nitrogens is 1. The molecule has 0 unspecified atom stereocenters. The Balaban J connectivity index is 0.000000566. The summed E-state index contributed by atoms with van der Waals surface area (Å²) in [6.07, 6.45) is -3.71. The minimum absolute atomic E-state index is 0.00707. The van der Waals surface area contributed by atoms with Crippen LogP contribution in [-0.2, 0) is 11.3 Å². The monoisotopic (exact) mass is 611 g/mol. The number of piperazine rings is 1. The first kappa shape index (κ1) is 31.7. The predicted molar refractivity (Wildman–Crippen MR) is 150 cm³/mol. The lowest BCUT2D eigenvalue weighted by molar-refractivity contribution is -0.192. The fourth-order valence-electron chi connectivity index (χ4n) is 4.38. The fourth-order valence-corrected chi connectivity index (χ4v) is 4.38. The summed E-state index contributed by atoms with van der Waals surface area (Å²) in [6, 6.07) is 18.4. The second kappa shape index (κ2) is 13.8. The van der Waals surface area contributed by atoms with Gasteiger partial charge in [-0.2, -0.15) is 18.4 Å². The molecule has 44 heavy (non-hydrogen) atoms. The minimum Gasteiger partial charge on any atom is -0.507 e. The van der Waals surface area contributed by atoms with E-state index in [4.69, 9.17) is 14.3 Å². The molecule has 5 rings (SSSR count). The van der Waals surface area contributed by atoms with E-state index in [2.05, 4.69) is 26.6 Å². The Morgan fingerprint density at radius 1 is 1.07 bits per heavy atom. The van der Waals surface area contributed by atoms with Crippen LogP contribution in [0.4, 0.5) is 23.4 Å². The third kappa shape index (κ3) is 7.97. The Hall–Kier alpha value is -5.26. The van der Waals surface area contributed by atoms with Gasteiger partial charge in [0, 0.05) is 49.9 Å². The first-order valence-corrected chi connectivity index (χ1v) is 13.1. The van der Waals surface area contributed by atoms with Crippen LogP contribution in [0.5, 0.6) is 5.75 Å². The number of aromatic hydroxyl groups is 1. The number of anilines is 1. The SMILES string of the molecule is N#Cc1c(-c2cccc(CN3CCNCC3)c2)cc(-c2ccc(F)cc2O)nc1NC(=O)c1ccco1.O=C(O)C(F)(F)F. The molecule has 0 radical (unpaired) electrons. The minimum atomic E-state index is -5.08. The van der Waals surface area contributed by atoms with Crippen molar-refractivity contribution in [3.8, 4) is 34.2 Å². The molecular formula is C30H25F4N5O5. The lowest BCUT2D eigenvalue weighted by Gasteiger charge is -2.27. The van der Waals surface area contributed by atoms with Crippen molar-refractivity contribution < 1.29 is 41.8 Å². The molecule has 1 saturated heterocycles. The molecule has 0 spiro atoms. The number of carbonyl (C=O) groups excluding carboxylic acids is 1. The van der Waals surface area contributed by atoms with Gasteiger partial charge < -0.3 is 25.3 Å². The van der Waals surface area contributed by atoms with E-state index < -0.39 is 23.9 Å². The van der Waals surface area contributed by atoms with Crippen LogP contribution in [0, 0.1) is 17.1 Å². The average Bonchev–Trinajstić information content (AvgIpc) is 3.53. The molecule has 10 nitrogen and oxygen atoms in total. The van der Waals surface area contributed by atoms with E-state index in [1.54, 1.807) is 12.1 Å². The number of benzene rings is 2. The maximum atomic E-state index is 13.7. The van der Waals surface area contributed by atoms with E-state index in [-0.39, 0.29) is 34.1 Å². The molecule has 1 fully saturated rings. The Kier molecular flexibility index (Phi) is 9.94. The zero-order chi connectivity index (χ0) is 31.9. The van der Waals surface area contributed by atoms with Crippen molar-refractivity contribution in [3.05, 3.63) is 89.6 Å². The number of alkyl halides is 3. The topological polar surface area (TPSA) is 152 Å². The number of nitriles is 1. The summed E-state index contributed by atoms with van der Waals surface area (Å²) in [5.74, 6) is -4.17. The van der Waals surface area contributed by atoms with E-state index in [1.165, 1.54) is 24.5 Å². The maximum Gasteiger partial charge on any atom is 0.490 e. The highest BCUT2D eigenvalue weighted by Gasteiger charge is 2.38. The molecule has 3 heterocycles. The first-order valence-electron chi connectivity index (χ1n) is 13.1. The van der Waals surface area contributed by atoms with Crippen LogP contribution in [0.2, 0.25) is 0 Å². The number of carboxylic acids is 1. The lowest BCUT2D eigenvalue weighted by Crippen LogP contribution is -2.42. The number of halogens is 4. The van der Waals surface area contributed by atoms with Gasteiger partial charge in [0.2, 0.25) is 0 Å². The molecule has 1 aliphatic heterocycles. The number of pyridine rings is 1. The number of rotatable bonds is 6. The number of nitrogens with zero attached hydrogens (tertiary/aromatic N) is 3. The van der Waals surface area contributed by atoms with Crippen molar-refractivity contribution in [2.45, 2.75) is 12.7 Å². The lowest BCUT2D eigenvalue weighted by atomic mass is 9.96.